The second-order valence-electron chi connectivity index (χ2n) is 5.76. The number of carbonyl (C=O) groups excluding carboxylic acids is 1. The number of fused-ring (bicyclic) bond motifs is 1. The second kappa shape index (κ2) is 6.27. The van der Waals surface area contributed by atoms with Gasteiger partial charge in [0, 0.05) is 17.5 Å². The zero-order valence-corrected chi connectivity index (χ0v) is 14.1. The van der Waals surface area contributed by atoms with Crippen molar-refractivity contribution in [3.05, 3.63) is 41.9 Å². The number of hydrogen-bond donors (Lipinski definition) is 1. The van der Waals surface area contributed by atoms with Crippen molar-refractivity contribution in [1.29, 1.82) is 0 Å². The molecule has 0 atom stereocenters. The van der Waals surface area contributed by atoms with Crippen molar-refractivity contribution in [3.63, 3.8) is 0 Å². The molecule has 7 heteroatoms. The molecule has 7 nitrogen and oxygen atoms in total. The third-order valence-electron chi connectivity index (χ3n) is 3.70. The molecule has 0 aliphatic carbocycles. The topological polar surface area (TPSA) is 81.9 Å². The Morgan fingerprint density at radius 2 is 2.08 bits per heavy atom. The smallest absolute Gasteiger partial charge is 0.257 e. The molecule has 0 spiro atoms. The number of nitrogens with one attached hydrogen (secondary N) is 1. The SMILES string of the molecule is COc1ccc(NC(=O)c2cc3cnn(C(C)C)c3nc2C)cn1. The maximum Gasteiger partial charge on any atom is 0.257 e. The lowest BCUT2D eigenvalue weighted by Crippen LogP contribution is -2.14. The van der Waals surface area contributed by atoms with Crippen molar-refractivity contribution in [2.45, 2.75) is 26.8 Å². The molecule has 124 valence electrons. The molecule has 0 fully saturated rings. The van der Waals surface area contributed by atoms with Gasteiger partial charge >= 0.3 is 0 Å². The summed E-state index contributed by atoms with van der Waals surface area (Å²) in [6, 6.07) is 5.45. The Bertz CT molecular complexity index is 884. The molecule has 3 rings (SSSR count). The molecule has 3 aromatic rings. The van der Waals surface area contributed by atoms with Crippen molar-refractivity contribution < 1.29 is 9.53 Å². The summed E-state index contributed by atoms with van der Waals surface area (Å²) in [5.41, 5.74) is 2.55. The number of aromatic nitrogens is 4. The maximum absolute atomic E-state index is 12.5. The molecule has 0 bridgehead atoms. The molecule has 0 saturated carbocycles. The highest BCUT2D eigenvalue weighted by Crippen LogP contribution is 2.20. The van der Waals surface area contributed by atoms with Crippen LogP contribution in [0.2, 0.25) is 0 Å². The van der Waals surface area contributed by atoms with Gasteiger partial charge in [0.25, 0.3) is 5.91 Å². The molecule has 24 heavy (non-hydrogen) atoms. The van der Waals surface area contributed by atoms with E-state index in [0.717, 1.165) is 11.0 Å². The van der Waals surface area contributed by atoms with Crippen LogP contribution in [0.4, 0.5) is 5.69 Å². The number of nitrogens with zero attached hydrogens (tertiary/aromatic N) is 4. The quantitative estimate of drug-likeness (QED) is 0.797. The molecule has 0 unspecified atom stereocenters. The Kier molecular flexibility index (Phi) is 4.16. The van der Waals surface area contributed by atoms with Gasteiger partial charge in [0.2, 0.25) is 5.88 Å². The normalized spacial score (nSPS) is 11.0. The van der Waals surface area contributed by atoms with E-state index in [0.29, 0.717) is 22.8 Å². The van der Waals surface area contributed by atoms with Crippen LogP contribution in [0.3, 0.4) is 0 Å². The highest BCUT2D eigenvalue weighted by Gasteiger charge is 2.15. The molecule has 0 saturated heterocycles. The minimum atomic E-state index is -0.230. The summed E-state index contributed by atoms with van der Waals surface area (Å²) in [6.45, 7) is 5.90. The molecule has 3 aromatic heterocycles. The lowest BCUT2D eigenvalue weighted by atomic mass is 10.1. The first-order chi connectivity index (χ1) is 11.5. The first-order valence-electron chi connectivity index (χ1n) is 7.66. The summed E-state index contributed by atoms with van der Waals surface area (Å²) in [5, 5.41) is 8.00. The summed E-state index contributed by atoms with van der Waals surface area (Å²) in [7, 11) is 1.54. The van der Waals surface area contributed by atoms with Gasteiger partial charge in [-0.1, -0.05) is 0 Å². The van der Waals surface area contributed by atoms with Crippen LogP contribution in [-0.4, -0.2) is 32.8 Å². The predicted octanol–water partition coefficient (Wildman–Crippen LogP) is 2.98. The van der Waals surface area contributed by atoms with Gasteiger partial charge in [-0.05, 0) is 32.9 Å². The van der Waals surface area contributed by atoms with E-state index in [1.807, 2.05) is 31.5 Å². The maximum atomic E-state index is 12.5. The first-order valence-corrected chi connectivity index (χ1v) is 7.66. The van der Waals surface area contributed by atoms with Crippen molar-refractivity contribution >= 4 is 22.6 Å². The number of hydrogen-bond acceptors (Lipinski definition) is 5. The van der Waals surface area contributed by atoms with Crippen LogP contribution in [0, 0.1) is 6.92 Å². The molecule has 0 aromatic carbocycles. The van der Waals surface area contributed by atoms with Gasteiger partial charge < -0.3 is 10.1 Å². The zero-order valence-electron chi connectivity index (χ0n) is 14.1. The van der Waals surface area contributed by atoms with E-state index in [2.05, 4.69) is 20.4 Å². The van der Waals surface area contributed by atoms with E-state index in [1.165, 1.54) is 0 Å². The largest absolute Gasteiger partial charge is 0.481 e. The highest BCUT2D eigenvalue weighted by atomic mass is 16.5. The highest BCUT2D eigenvalue weighted by molar-refractivity contribution is 6.06. The molecule has 0 aliphatic rings. The Morgan fingerprint density at radius 1 is 1.29 bits per heavy atom. The molecule has 0 aliphatic heterocycles. The van der Waals surface area contributed by atoms with Gasteiger partial charge in [-0.25, -0.2) is 14.6 Å². The Balaban J connectivity index is 1.90. The molecular weight excluding hydrogens is 306 g/mol. The van der Waals surface area contributed by atoms with Gasteiger partial charge in [-0.15, -0.1) is 0 Å². The van der Waals surface area contributed by atoms with Crippen LogP contribution < -0.4 is 10.1 Å². The van der Waals surface area contributed by atoms with E-state index in [9.17, 15) is 4.79 Å². The molecule has 1 N–H and O–H groups in total. The van der Waals surface area contributed by atoms with Crippen LogP contribution in [0.5, 0.6) is 5.88 Å². The fourth-order valence-corrected chi connectivity index (χ4v) is 2.45. The van der Waals surface area contributed by atoms with Gasteiger partial charge in [0.15, 0.2) is 5.65 Å². The fraction of sp³-hybridized carbons (Fsp3) is 0.294. The van der Waals surface area contributed by atoms with Crippen LogP contribution in [0.1, 0.15) is 35.9 Å². The van der Waals surface area contributed by atoms with Crippen LogP contribution in [0.25, 0.3) is 11.0 Å². The summed E-state index contributed by atoms with van der Waals surface area (Å²) < 4.78 is 6.85. The van der Waals surface area contributed by atoms with Gasteiger partial charge in [-0.2, -0.15) is 5.10 Å². The molecule has 3 heterocycles. The zero-order chi connectivity index (χ0) is 17.3. The lowest BCUT2D eigenvalue weighted by Gasteiger charge is -2.10. The predicted molar refractivity (Wildman–Crippen MR) is 91.4 cm³/mol. The monoisotopic (exact) mass is 325 g/mol. The number of rotatable bonds is 4. The van der Waals surface area contributed by atoms with Crippen molar-refractivity contribution in [2.24, 2.45) is 0 Å². The number of pyridine rings is 2. The van der Waals surface area contributed by atoms with E-state index >= 15 is 0 Å². The average Bonchev–Trinajstić information content (AvgIpc) is 2.97. The van der Waals surface area contributed by atoms with Gasteiger partial charge in [-0.3, -0.25) is 4.79 Å². The number of anilines is 1. The first kappa shape index (κ1) is 15.9. The Hall–Kier alpha value is -2.96. The number of amides is 1. The Labute approximate surface area is 139 Å². The third kappa shape index (κ3) is 2.92. The summed E-state index contributed by atoms with van der Waals surface area (Å²) in [4.78, 5) is 21.2. The molecular formula is C17H19N5O2. The fourth-order valence-electron chi connectivity index (χ4n) is 2.45. The molecule has 0 radical (unpaired) electrons. The molecule has 1 amide bonds. The summed E-state index contributed by atoms with van der Waals surface area (Å²) >= 11 is 0. The second-order valence-corrected chi connectivity index (χ2v) is 5.76. The van der Waals surface area contributed by atoms with E-state index in [4.69, 9.17) is 4.74 Å². The van der Waals surface area contributed by atoms with Crippen LogP contribution in [0.15, 0.2) is 30.6 Å². The Morgan fingerprint density at radius 3 is 2.71 bits per heavy atom. The summed E-state index contributed by atoms with van der Waals surface area (Å²) in [5.74, 6) is 0.263. The van der Waals surface area contributed by atoms with Crippen molar-refractivity contribution in [2.75, 3.05) is 12.4 Å². The third-order valence-corrected chi connectivity index (χ3v) is 3.70. The average molecular weight is 325 g/mol. The number of carbonyl (C=O) groups is 1. The lowest BCUT2D eigenvalue weighted by molar-refractivity contribution is 0.102. The van der Waals surface area contributed by atoms with Crippen molar-refractivity contribution in [1.82, 2.24) is 19.7 Å². The van der Waals surface area contributed by atoms with Crippen LogP contribution >= 0.6 is 0 Å². The standard InChI is InChI=1S/C17H19N5O2/c1-10(2)22-16-12(8-19-22)7-14(11(3)20-16)17(23)21-13-5-6-15(24-4)18-9-13/h5-10H,1-4H3,(H,21,23). The van der Waals surface area contributed by atoms with E-state index < -0.39 is 0 Å². The van der Waals surface area contributed by atoms with Gasteiger partial charge in [0.1, 0.15) is 0 Å². The van der Waals surface area contributed by atoms with Crippen LogP contribution in [-0.2, 0) is 0 Å². The minimum absolute atomic E-state index is 0.208. The summed E-state index contributed by atoms with van der Waals surface area (Å²) in [6.07, 6.45) is 3.28. The van der Waals surface area contributed by atoms with E-state index in [-0.39, 0.29) is 11.9 Å². The van der Waals surface area contributed by atoms with Gasteiger partial charge in [0.05, 0.1) is 36.4 Å². The van der Waals surface area contributed by atoms with Crippen molar-refractivity contribution in [3.8, 4) is 5.88 Å². The number of aryl methyl sites for hydroxylation is 1. The van der Waals surface area contributed by atoms with E-state index in [1.54, 1.807) is 31.6 Å². The number of ether oxygens (including phenoxy) is 1. The number of methoxy groups -OCH3 is 1. The minimum Gasteiger partial charge on any atom is -0.481 e.